The van der Waals surface area contributed by atoms with E-state index in [0.29, 0.717) is 38.3 Å². The molecule has 1 aromatic heterocycles. The number of aromatic nitrogens is 1. The Balaban J connectivity index is 1.49. The van der Waals surface area contributed by atoms with E-state index in [0.717, 1.165) is 15.9 Å². The molecule has 1 aliphatic heterocycles. The summed E-state index contributed by atoms with van der Waals surface area (Å²) in [7, 11) is -3.50. The summed E-state index contributed by atoms with van der Waals surface area (Å²) in [4.78, 5) is 16.2. The third-order valence-corrected chi connectivity index (χ3v) is 6.42. The molecule has 0 aliphatic carbocycles. The molecule has 1 aliphatic rings. The Morgan fingerprint density at radius 3 is 2.44 bits per heavy atom. The van der Waals surface area contributed by atoms with Crippen LogP contribution in [0.5, 0.6) is 0 Å². The van der Waals surface area contributed by atoms with Crippen LogP contribution in [-0.2, 0) is 26.9 Å². The van der Waals surface area contributed by atoms with Crippen LogP contribution in [0.15, 0.2) is 39.3 Å². The second-order valence-corrected chi connectivity index (χ2v) is 9.72. The molecule has 0 spiro atoms. The maximum absolute atomic E-state index is 12.4. The lowest BCUT2D eigenvalue weighted by Gasteiger charge is -2.34. The monoisotopic (exact) mass is 455 g/mol. The molecule has 0 saturated carbocycles. The number of benzene rings is 1. The molecule has 9 heteroatoms. The summed E-state index contributed by atoms with van der Waals surface area (Å²) in [5, 5.41) is 3.98. The fraction of sp³-hybridized carbons (Fsp3) is 0.444. The molecular formula is C18H22BrN3O4S. The Hall–Kier alpha value is -1.71. The predicted octanol–water partition coefficient (Wildman–Crippen LogP) is 2.00. The average molecular weight is 456 g/mol. The van der Waals surface area contributed by atoms with Gasteiger partial charge in [-0.15, -0.1) is 0 Å². The first-order valence-corrected chi connectivity index (χ1v) is 11.3. The lowest BCUT2D eigenvalue weighted by atomic mass is 10.2. The Morgan fingerprint density at radius 1 is 1.19 bits per heavy atom. The minimum Gasteiger partial charge on any atom is -0.361 e. The smallest absolute Gasteiger partial charge is 0.237 e. The van der Waals surface area contributed by atoms with E-state index in [1.807, 2.05) is 13.0 Å². The zero-order chi connectivity index (χ0) is 19.4. The normalized spacial score (nSPS) is 15.9. The lowest BCUT2D eigenvalue weighted by Crippen LogP contribution is -2.49. The van der Waals surface area contributed by atoms with Crippen LogP contribution in [0.2, 0.25) is 0 Å². The van der Waals surface area contributed by atoms with E-state index in [9.17, 15) is 13.2 Å². The Morgan fingerprint density at radius 2 is 1.85 bits per heavy atom. The van der Waals surface area contributed by atoms with Crippen molar-refractivity contribution in [3.05, 3.63) is 51.8 Å². The third-order valence-electron chi connectivity index (χ3n) is 4.43. The SMILES string of the molecule is Cc1cc(CN2CCN(C(=O)CS(=O)(=O)Cc3ccc(Br)cc3)CC2)no1. The van der Waals surface area contributed by atoms with Gasteiger partial charge in [0.15, 0.2) is 9.84 Å². The fourth-order valence-corrected chi connectivity index (χ4v) is 4.67. The van der Waals surface area contributed by atoms with Crippen LogP contribution in [0.3, 0.4) is 0 Å². The number of aryl methyl sites for hydroxylation is 1. The van der Waals surface area contributed by atoms with Gasteiger partial charge in [0.1, 0.15) is 11.5 Å². The summed E-state index contributed by atoms with van der Waals surface area (Å²) in [6.45, 7) is 4.92. The number of halogens is 1. The largest absolute Gasteiger partial charge is 0.361 e. The van der Waals surface area contributed by atoms with Crippen LogP contribution < -0.4 is 0 Å². The number of carbonyl (C=O) groups excluding carboxylic acids is 1. The molecule has 1 saturated heterocycles. The van der Waals surface area contributed by atoms with Gasteiger partial charge in [0, 0.05) is 43.3 Å². The number of amides is 1. The molecule has 1 fully saturated rings. The molecule has 0 atom stereocenters. The molecule has 2 aromatic rings. The first-order chi connectivity index (χ1) is 12.8. The van der Waals surface area contributed by atoms with Crippen LogP contribution in [0, 0.1) is 6.92 Å². The Labute approximate surface area is 167 Å². The van der Waals surface area contributed by atoms with Crippen molar-refractivity contribution in [2.24, 2.45) is 0 Å². The van der Waals surface area contributed by atoms with Gasteiger partial charge in [0.25, 0.3) is 0 Å². The lowest BCUT2D eigenvalue weighted by molar-refractivity contribution is -0.130. The minimum atomic E-state index is -3.50. The first-order valence-electron chi connectivity index (χ1n) is 8.68. The molecule has 0 unspecified atom stereocenters. The average Bonchev–Trinajstić information content (AvgIpc) is 3.02. The Kier molecular flexibility index (Phi) is 6.33. The molecule has 27 heavy (non-hydrogen) atoms. The van der Waals surface area contributed by atoms with Gasteiger partial charge >= 0.3 is 0 Å². The molecule has 1 aromatic carbocycles. The summed E-state index contributed by atoms with van der Waals surface area (Å²) in [5.74, 6) is -0.137. The summed E-state index contributed by atoms with van der Waals surface area (Å²) >= 11 is 3.32. The Bertz CT molecular complexity index is 888. The molecular weight excluding hydrogens is 434 g/mol. The maximum Gasteiger partial charge on any atom is 0.237 e. The number of sulfone groups is 1. The molecule has 0 radical (unpaired) electrons. The maximum atomic E-state index is 12.4. The molecule has 3 rings (SSSR count). The van der Waals surface area contributed by atoms with Gasteiger partial charge in [-0.2, -0.15) is 0 Å². The van der Waals surface area contributed by atoms with Crippen LogP contribution in [0.25, 0.3) is 0 Å². The van der Waals surface area contributed by atoms with Gasteiger partial charge in [0.05, 0.1) is 11.4 Å². The predicted molar refractivity (Wildman–Crippen MR) is 105 cm³/mol. The van der Waals surface area contributed by atoms with E-state index in [2.05, 4.69) is 26.0 Å². The highest BCUT2D eigenvalue weighted by molar-refractivity contribution is 9.10. The fourth-order valence-electron chi connectivity index (χ4n) is 3.04. The van der Waals surface area contributed by atoms with Crippen molar-refractivity contribution >= 4 is 31.7 Å². The second kappa shape index (κ2) is 8.53. The van der Waals surface area contributed by atoms with Crippen molar-refractivity contribution < 1.29 is 17.7 Å². The highest BCUT2D eigenvalue weighted by Crippen LogP contribution is 2.14. The highest BCUT2D eigenvalue weighted by Gasteiger charge is 2.26. The summed E-state index contributed by atoms with van der Waals surface area (Å²) in [6, 6.07) is 8.98. The van der Waals surface area contributed by atoms with Gasteiger partial charge in [-0.1, -0.05) is 33.2 Å². The molecule has 2 heterocycles. The minimum absolute atomic E-state index is 0.127. The molecule has 0 N–H and O–H groups in total. The number of nitrogens with zero attached hydrogens (tertiary/aromatic N) is 3. The van der Waals surface area contributed by atoms with Gasteiger partial charge in [-0.3, -0.25) is 9.69 Å². The molecule has 0 bridgehead atoms. The van der Waals surface area contributed by atoms with Gasteiger partial charge < -0.3 is 9.42 Å². The van der Waals surface area contributed by atoms with E-state index >= 15 is 0 Å². The highest BCUT2D eigenvalue weighted by atomic mass is 79.9. The van der Waals surface area contributed by atoms with Crippen molar-refractivity contribution in [3.8, 4) is 0 Å². The number of piperazine rings is 1. The van der Waals surface area contributed by atoms with E-state index < -0.39 is 15.6 Å². The molecule has 7 nitrogen and oxygen atoms in total. The number of carbonyl (C=O) groups is 1. The topological polar surface area (TPSA) is 83.7 Å². The van der Waals surface area contributed by atoms with Crippen molar-refractivity contribution in [1.29, 1.82) is 0 Å². The third kappa shape index (κ3) is 5.88. The zero-order valence-electron chi connectivity index (χ0n) is 15.1. The van der Waals surface area contributed by atoms with Crippen molar-refractivity contribution in [1.82, 2.24) is 15.0 Å². The van der Waals surface area contributed by atoms with Crippen LogP contribution in [0.4, 0.5) is 0 Å². The summed E-state index contributed by atoms with van der Waals surface area (Å²) < 4.78 is 30.7. The van der Waals surface area contributed by atoms with Crippen LogP contribution in [0.1, 0.15) is 17.0 Å². The summed E-state index contributed by atoms with van der Waals surface area (Å²) in [5.41, 5.74) is 1.54. The van der Waals surface area contributed by atoms with E-state index in [4.69, 9.17) is 4.52 Å². The second-order valence-electron chi connectivity index (χ2n) is 6.74. The van der Waals surface area contributed by atoms with Crippen molar-refractivity contribution in [3.63, 3.8) is 0 Å². The molecule has 1 amide bonds. The summed E-state index contributed by atoms with van der Waals surface area (Å²) in [6.07, 6.45) is 0. The number of hydrogen-bond donors (Lipinski definition) is 0. The van der Waals surface area contributed by atoms with E-state index in [1.165, 1.54) is 0 Å². The van der Waals surface area contributed by atoms with Crippen molar-refractivity contribution in [2.45, 2.75) is 19.2 Å². The number of hydrogen-bond acceptors (Lipinski definition) is 6. The quantitative estimate of drug-likeness (QED) is 0.662. The zero-order valence-corrected chi connectivity index (χ0v) is 17.5. The van der Waals surface area contributed by atoms with Crippen LogP contribution in [-0.4, -0.2) is 61.2 Å². The first kappa shape index (κ1) is 20.0. The molecule has 146 valence electrons. The van der Waals surface area contributed by atoms with E-state index in [-0.39, 0.29) is 11.7 Å². The van der Waals surface area contributed by atoms with Crippen LogP contribution >= 0.6 is 15.9 Å². The van der Waals surface area contributed by atoms with Gasteiger partial charge in [-0.05, 0) is 24.6 Å². The number of rotatable bonds is 6. The van der Waals surface area contributed by atoms with Crippen molar-refractivity contribution in [2.75, 3.05) is 31.9 Å². The van der Waals surface area contributed by atoms with E-state index in [1.54, 1.807) is 29.2 Å². The van der Waals surface area contributed by atoms with Gasteiger partial charge in [-0.25, -0.2) is 8.42 Å². The standard InChI is InChI=1S/C18H22BrN3O4S/c1-14-10-17(20-26-14)11-21-6-8-22(9-7-21)18(23)13-27(24,25)12-15-2-4-16(19)5-3-15/h2-5,10H,6-9,11-13H2,1H3. The van der Waals surface area contributed by atoms with Gasteiger partial charge in [0.2, 0.25) is 5.91 Å².